The molecule has 0 heterocycles. The van der Waals surface area contributed by atoms with E-state index < -0.39 is 10.0 Å². The molecular weight excluding hydrogens is 294 g/mol. The first-order chi connectivity index (χ1) is 10.0. The molecule has 0 amide bonds. The molecule has 0 aromatic heterocycles. The van der Waals surface area contributed by atoms with Gasteiger partial charge >= 0.3 is 0 Å². The van der Waals surface area contributed by atoms with Gasteiger partial charge in [0.2, 0.25) is 10.0 Å². The predicted molar refractivity (Wildman–Crippen MR) is 78.1 cm³/mol. The van der Waals surface area contributed by atoms with E-state index in [-0.39, 0.29) is 17.1 Å². The van der Waals surface area contributed by atoms with E-state index in [0.717, 1.165) is 0 Å². The molecule has 0 aliphatic rings. The number of nitrogens with one attached hydrogen (secondary N) is 1. The van der Waals surface area contributed by atoms with Gasteiger partial charge in [-0.15, -0.1) is 0 Å². The second-order valence-electron chi connectivity index (χ2n) is 4.22. The van der Waals surface area contributed by atoms with Crippen LogP contribution in [0, 0.1) is 11.3 Å². The van der Waals surface area contributed by atoms with Crippen LogP contribution in [0.1, 0.15) is 12.0 Å². The fraction of sp³-hybridized carbons (Fsp3) is 0.462. The van der Waals surface area contributed by atoms with Crippen LogP contribution in [0.2, 0.25) is 0 Å². The van der Waals surface area contributed by atoms with Crippen LogP contribution in [0.4, 0.5) is 5.69 Å². The normalized spacial score (nSPS) is 11.2. The van der Waals surface area contributed by atoms with Crippen molar-refractivity contribution in [1.82, 2.24) is 4.72 Å². The average Bonchev–Trinajstić information content (AvgIpc) is 2.45. The third kappa shape index (κ3) is 5.69. The Hall–Kier alpha value is -1.66. The molecular formula is C13H19N3O4S. The zero-order valence-corrected chi connectivity index (χ0v) is 12.6. The van der Waals surface area contributed by atoms with Crippen LogP contribution in [0.15, 0.2) is 23.1 Å². The largest absolute Gasteiger partial charge is 0.398 e. The van der Waals surface area contributed by atoms with Gasteiger partial charge < -0.3 is 15.2 Å². The van der Waals surface area contributed by atoms with Crippen molar-refractivity contribution in [2.24, 2.45) is 0 Å². The Balaban J connectivity index is 2.49. The molecule has 0 aliphatic heterocycles. The molecule has 0 saturated heterocycles. The van der Waals surface area contributed by atoms with Crippen molar-refractivity contribution in [2.75, 3.05) is 39.2 Å². The van der Waals surface area contributed by atoms with Crippen molar-refractivity contribution in [3.05, 3.63) is 23.8 Å². The van der Waals surface area contributed by atoms with E-state index in [0.29, 0.717) is 31.8 Å². The lowest BCUT2D eigenvalue weighted by atomic mass is 10.2. The molecule has 1 aromatic rings. The highest BCUT2D eigenvalue weighted by atomic mass is 32.2. The lowest BCUT2D eigenvalue weighted by molar-refractivity contribution is 0.0699. The summed E-state index contributed by atoms with van der Waals surface area (Å²) < 4.78 is 36.6. The molecule has 0 saturated carbocycles. The van der Waals surface area contributed by atoms with Crippen molar-refractivity contribution < 1.29 is 17.9 Å². The molecule has 8 heteroatoms. The highest BCUT2D eigenvalue weighted by Crippen LogP contribution is 2.19. The first-order valence-electron chi connectivity index (χ1n) is 6.37. The Bertz CT molecular complexity index is 596. The van der Waals surface area contributed by atoms with Gasteiger partial charge in [-0.25, -0.2) is 13.1 Å². The maximum absolute atomic E-state index is 12.1. The molecule has 1 aromatic carbocycles. The topological polar surface area (TPSA) is 114 Å². The Labute approximate surface area is 124 Å². The van der Waals surface area contributed by atoms with Crippen molar-refractivity contribution in [3.63, 3.8) is 0 Å². The molecule has 116 valence electrons. The zero-order chi connectivity index (χ0) is 15.7. The Morgan fingerprint density at radius 3 is 2.71 bits per heavy atom. The maximum atomic E-state index is 12.1. The van der Waals surface area contributed by atoms with Crippen molar-refractivity contribution in [1.29, 1.82) is 5.26 Å². The number of benzene rings is 1. The van der Waals surface area contributed by atoms with Gasteiger partial charge in [0.15, 0.2) is 0 Å². The van der Waals surface area contributed by atoms with Gasteiger partial charge in [0, 0.05) is 20.3 Å². The van der Waals surface area contributed by atoms with E-state index in [1.807, 2.05) is 6.07 Å². The predicted octanol–water partition coefficient (Wildman–Crippen LogP) is 0.472. The van der Waals surface area contributed by atoms with Gasteiger partial charge in [-0.2, -0.15) is 5.26 Å². The molecule has 0 bridgehead atoms. The Morgan fingerprint density at radius 1 is 1.33 bits per heavy atom. The number of hydrogen-bond donors (Lipinski definition) is 2. The summed E-state index contributed by atoms with van der Waals surface area (Å²) >= 11 is 0. The number of anilines is 1. The van der Waals surface area contributed by atoms with Crippen LogP contribution in [-0.4, -0.2) is 41.9 Å². The Morgan fingerprint density at radius 2 is 2.10 bits per heavy atom. The van der Waals surface area contributed by atoms with Crippen LogP contribution in [0.5, 0.6) is 0 Å². The second kappa shape index (κ2) is 8.59. The van der Waals surface area contributed by atoms with Crippen molar-refractivity contribution in [2.45, 2.75) is 11.3 Å². The lowest BCUT2D eigenvalue weighted by Crippen LogP contribution is -2.26. The fourth-order valence-corrected chi connectivity index (χ4v) is 2.75. The number of methoxy groups -OCH3 is 1. The standard InChI is InChI=1S/C13H19N3O4S/c1-19-7-8-20-6-2-5-16-21(17,18)13-4-3-11(10-14)9-12(13)15/h3-4,9,16H,2,5-8,15H2,1H3. The van der Waals surface area contributed by atoms with Gasteiger partial charge in [0.05, 0.1) is 30.5 Å². The zero-order valence-electron chi connectivity index (χ0n) is 11.8. The summed E-state index contributed by atoms with van der Waals surface area (Å²) in [6, 6.07) is 5.98. The first-order valence-corrected chi connectivity index (χ1v) is 7.85. The first kappa shape index (κ1) is 17.4. The summed E-state index contributed by atoms with van der Waals surface area (Å²) in [6.07, 6.45) is 0.541. The Kier molecular flexibility index (Phi) is 7.11. The van der Waals surface area contributed by atoms with Crippen molar-refractivity contribution >= 4 is 15.7 Å². The second-order valence-corrected chi connectivity index (χ2v) is 5.96. The number of nitrogen functional groups attached to an aromatic ring is 1. The molecule has 0 radical (unpaired) electrons. The molecule has 0 unspecified atom stereocenters. The van der Waals surface area contributed by atoms with Gasteiger partial charge in [-0.3, -0.25) is 0 Å². The molecule has 7 nitrogen and oxygen atoms in total. The van der Waals surface area contributed by atoms with E-state index in [1.165, 1.54) is 18.2 Å². The number of nitriles is 1. The maximum Gasteiger partial charge on any atom is 0.242 e. The molecule has 21 heavy (non-hydrogen) atoms. The summed E-state index contributed by atoms with van der Waals surface area (Å²) in [6.45, 7) is 1.67. The van der Waals surface area contributed by atoms with E-state index in [2.05, 4.69) is 4.72 Å². The van der Waals surface area contributed by atoms with E-state index in [4.69, 9.17) is 20.5 Å². The smallest absolute Gasteiger partial charge is 0.242 e. The van der Waals surface area contributed by atoms with E-state index in [1.54, 1.807) is 7.11 Å². The van der Waals surface area contributed by atoms with Crippen molar-refractivity contribution in [3.8, 4) is 6.07 Å². The number of nitrogens with zero attached hydrogens (tertiary/aromatic N) is 1. The minimum atomic E-state index is -3.68. The van der Waals surface area contributed by atoms with Gasteiger partial charge in [-0.1, -0.05) is 0 Å². The lowest BCUT2D eigenvalue weighted by Gasteiger charge is -2.09. The quantitative estimate of drug-likeness (QED) is 0.506. The molecule has 0 aliphatic carbocycles. The van der Waals surface area contributed by atoms with Crippen LogP contribution in [0.3, 0.4) is 0 Å². The summed E-state index contributed by atoms with van der Waals surface area (Å²) in [5.74, 6) is 0. The van der Waals surface area contributed by atoms with Gasteiger partial charge in [0.1, 0.15) is 4.90 Å². The van der Waals surface area contributed by atoms with Crippen LogP contribution >= 0.6 is 0 Å². The highest BCUT2D eigenvalue weighted by molar-refractivity contribution is 7.89. The minimum Gasteiger partial charge on any atom is -0.398 e. The number of nitrogens with two attached hydrogens (primary N) is 1. The third-order valence-corrected chi connectivity index (χ3v) is 4.15. The number of ether oxygens (including phenoxy) is 2. The minimum absolute atomic E-state index is 0.0261. The van der Waals surface area contributed by atoms with E-state index in [9.17, 15) is 8.42 Å². The molecule has 0 atom stereocenters. The average molecular weight is 313 g/mol. The van der Waals surface area contributed by atoms with Gasteiger partial charge in [-0.05, 0) is 24.6 Å². The van der Waals surface area contributed by atoms with Crippen LogP contribution < -0.4 is 10.5 Å². The number of rotatable bonds is 9. The van der Waals surface area contributed by atoms with Gasteiger partial charge in [0.25, 0.3) is 0 Å². The monoisotopic (exact) mass is 313 g/mol. The summed E-state index contributed by atoms with van der Waals surface area (Å²) in [4.78, 5) is -0.0261. The van der Waals surface area contributed by atoms with Crippen LogP contribution in [-0.2, 0) is 19.5 Å². The number of hydrogen-bond acceptors (Lipinski definition) is 6. The third-order valence-electron chi connectivity index (χ3n) is 2.62. The molecule has 3 N–H and O–H groups in total. The molecule has 0 spiro atoms. The van der Waals surface area contributed by atoms with Crippen LogP contribution in [0.25, 0.3) is 0 Å². The number of sulfonamides is 1. The SMILES string of the molecule is COCCOCCCNS(=O)(=O)c1ccc(C#N)cc1N. The summed E-state index contributed by atoms with van der Waals surface area (Å²) in [5, 5.41) is 8.72. The highest BCUT2D eigenvalue weighted by Gasteiger charge is 2.16. The molecule has 0 fully saturated rings. The summed E-state index contributed by atoms with van der Waals surface area (Å²) in [5.41, 5.74) is 6.03. The van der Waals surface area contributed by atoms with E-state index >= 15 is 0 Å². The molecule has 1 rings (SSSR count). The summed E-state index contributed by atoms with van der Waals surface area (Å²) in [7, 11) is -2.10. The fourth-order valence-electron chi connectivity index (χ4n) is 1.57.